The van der Waals surface area contributed by atoms with E-state index in [0.29, 0.717) is 23.5 Å². The third kappa shape index (κ3) is 3.17. The van der Waals surface area contributed by atoms with Crippen molar-refractivity contribution in [3.8, 4) is 0 Å². The number of hydrogen-bond acceptors (Lipinski definition) is 4. The van der Waals surface area contributed by atoms with Crippen molar-refractivity contribution in [1.29, 1.82) is 0 Å². The van der Waals surface area contributed by atoms with Gasteiger partial charge >= 0.3 is 0 Å². The summed E-state index contributed by atoms with van der Waals surface area (Å²) < 4.78 is 13.3. The summed E-state index contributed by atoms with van der Waals surface area (Å²) >= 11 is 0. The van der Waals surface area contributed by atoms with Crippen LogP contribution in [0.1, 0.15) is 34.6 Å². The van der Waals surface area contributed by atoms with Gasteiger partial charge in [0.15, 0.2) is 5.82 Å². The molecule has 106 valence electrons. The number of nitrogens with one attached hydrogen (secondary N) is 1. The summed E-state index contributed by atoms with van der Waals surface area (Å²) in [6.45, 7) is 4.07. The number of aryl methyl sites for hydroxylation is 1. The zero-order chi connectivity index (χ0) is 14.7. The Morgan fingerprint density at radius 1 is 1.45 bits per heavy atom. The topological polar surface area (TPSA) is 74.8 Å². The summed E-state index contributed by atoms with van der Waals surface area (Å²) in [6.07, 6.45) is 0. The molecular formula is C13H16FN5O. The van der Waals surface area contributed by atoms with Gasteiger partial charge in [0.25, 0.3) is 5.91 Å². The van der Waals surface area contributed by atoms with Gasteiger partial charge in [-0.05, 0) is 30.7 Å². The normalized spacial score (nSPS) is 12.2. The van der Waals surface area contributed by atoms with E-state index >= 15 is 0 Å². The molecule has 20 heavy (non-hydrogen) atoms. The molecule has 0 aliphatic rings. The average Bonchev–Trinajstić information content (AvgIpc) is 2.90. The van der Waals surface area contributed by atoms with Crippen LogP contribution in [0.2, 0.25) is 0 Å². The predicted octanol–water partition coefficient (Wildman–Crippen LogP) is 1.52. The Kier molecular flexibility index (Phi) is 4.07. The molecule has 2 rings (SSSR count). The van der Waals surface area contributed by atoms with Crippen LogP contribution >= 0.6 is 0 Å². The predicted molar refractivity (Wildman–Crippen MR) is 70.7 cm³/mol. The molecule has 0 aliphatic carbocycles. The van der Waals surface area contributed by atoms with Crippen LogP contribution in [0.15, 0.2) is 18.2 Å². The fourth-order valence-corrected chi connectivity index (χ4v) is 2.03. The minimum Gasteiger partial charge on any atom is -0.341 e. The SMILES string of the molecule is Cc1cc(F)cc(C(=O)N(C)C[C@@H](C)c2nn[nH]n2)c1. The Morgan fingerprint density at radius 3 is 2.80 bits per heavy atom. The van der Waals surface area contributed by atoms with Gasteiger partial charge in [0.1, 0.15) is 5.82 Å². The lowest BCUT2D eigenvalue weighted by atomic mass is 10.1. The van der Waals surface area contributed by atoms with Crippen LogP contribution in [0.5, 0.6) is 0 Å². The van der Waals surface area contributed by atoms with E-state index in [-0.39, 0.29) is 11.8 Å². The number of aromatic nitrogens is 4. The second-order valence-electron chi connectivity index (χ2n) is 4.87. The van der Waals surface area contributed by atoms with Gasteiger partial charge in [-0.3, -0.25) is 4.79 Å². The van der Waals surface area contributed by atoms with Crippen molar-refractivity contribution >= 4 is 5.91 Å². The molecule has 1 aromatic carbocycles. The van der Waals surface area contributed by atoms with Crippen molar-refractivity contribution in [3.63, 3.8) is 0 Å². The first-order chi connectivity index (χ1) is 9.47. The van der Waals surface area contributed by atoms with Gasteiger partial charge < -0.3 is 4.90 Å². The van der Waals surface area contributed by atoms with E-state index in [1.807, 2.05) is 6.92 Å². The number of likely N-dealkylation sites (N-methyl/N-ethyl adjacent to an activating group) is 1. The summed E-state index contributed by atoms with van der Waals surface area (Å²) in [7, 11) is 1.67. The quantitative estimate of drug-likeness (QED) is 0.919. The van der Waals surface area contributed by atoms with Crippen molar-refractivity contribution in [2.75, 3.05) is 13.6 Å². The van der Waals surface area contributed by atoms with Crippen molar-refractivity contribution < 1.29 is 9.18 Å². The van der Waals surface area contributed by atoms with Crippen molar-refractivity contribution in [2.24, 2.45) is 0 Å². The number of aromatic amines is 1. The molecule has 1 N–H and O–H groups in total. The Bertz CT molecular complexity index is 579. The Hall–Kier alpha value is -2.31. The Balaban J connectivity index is 2.08. The van der Waals surface area contributed by atoms with Gasteiger partial charge in [-0.1, -0.05) is 12.1 Å². The maximum atomic E-state index is 13.3. The van der Waals surface area contributed by atoms with Gasteiger partial charge in [0, 0.05) is 25.1 Å². The fourth-order valence-electron chi connectivity index (χ4n) is 2.03. The Morgan fingerprint density at radius 2 is 2.20 bits per heavy atom. The zero-order valence-electron chi connectivity index (χ0n) is 11.6. The van der Waals surface area contributed by atoms with E-state index in [4.69, 9.17) is 0 Å². The molecule has 1 atom stereocenters. The number of hydrogen-bond donors (Lipinski definition) is 1. The number of amides is 1. The smallest absolute Gasteiger partial charge is 0.253 e. The van der Waals surface area contributed by atoms with E-state index in [9.17, 15) is 9.18 Å². The van der Waals surface area contributed by atoms with E-state index in [1.165, 1.54) is 17.0 Å². The standard InChI is InChI=1S/C13H16FN5O/c1-8-4-10(6-11(14)5-8)13(20)19(3)7-9(2)12-15-17-18-16-12/h4-6,9H,7H2,1-3H3,(H,15,16,17,18)/t9-/m1/s1. The molecular weight excluding hydrogens is 261 g/mol. The van der Waals surface area contributed by atoms with Crippen LogP contribution in [-0.2, 0) is 0 Å². The van der Waals surface area contributed by atoms with Crippen LogP contribution < -0.4 is 0 Å². The zero-order valence-corrected chi connectivity index (χ0v) is 11.6. The highest BCUT2D eigenvalue weighted by molar-refractivity contribution is 5.94. The molecule has 1 heterocycles. The Labute approximate surface area is 116 Å². The van der Waals surface area contributed by atoms with Crippen molar-refractivity contribution in [1.82, 2.24) is 25.5 Å². The molecule has 0 unspecified atom stereocenters. The highest BCUT2D eigenvalue weighted by atomic mass is 19.1. The summed E-state index contributed by atoms with van der Waals surface area (Å²) in [4.78, 5) is 13.8. The molecule has 0 bridgehead atoms. The van der Waals surface area contributed by atoms with Gasteiger partial charge in [-0.15, -0.1) is 10.2 Å². The van der Waals surface area contributed by atoms with Crippen LogP contribution in [0, 0.1) is 12.7 Å². The van der Waals surface area contributed by atoms with Gasteiger partial charge in [0.2, 0.25) is 0 Å². The summed E-state index contributed by atoms with van der Waals surface area (Å²) in [6, 6.07) is 4.30. The van der Waals surface area contributed by atoms with E-state index in [1.54, 1.807) is 20.0 Å². The molecule has 1 amide bonds. The number of rotatable bonds is 4. The molecule has 0 aliphatic heterocycles. The van der Waals surface area contributed by atoms with Gasteiger partial charge in [0.05, 0.1) is 0 Å². The van der Waals surface area contributed by atoms with Gasteiger partial charge in [-0.2, -0.15) is 5.21 Å². The number of carbonyl (C=O) groups is 1. The minimum absolute atomic E-state index is 0.0580. The summed E-state index contributed by atoms with van der Waals surface area (Å²) in [5, 5.41) is 13.6. The van der Waals surface area contributed by atoms with Crippen LogP contribution in [0.3, 0.4) is 0 Å². The second kappa shape index (κ2) is 5.77. The highest BCUT2D eigenvalue weighted by Crippen LogP contribution is 2.14. The molecule has 0 fully saturated rings. The number of halogens is 1. The third-order valence-electron chi connectivity index (χ3n) is 2.99. The maximum absolute atomic E-state index is 13.3. The first kappa shape index (κ1) is 14.1. The average molecular weight is 277 g/mol. The summed E-state index contributed by atoms with van der Waals surface area (Å²) in [5.41, 5.74) is 1.05. The maximum Gasteiger partial charge on any atom is 0.253 e. The molecule has 0 saturated carbocycles. The molecule has 2 aromatic rings. The highest BCUT2D eigenvalue weighted by Gasteiger charge is 2.18. The van der Waals surface area contributed by atoms with Crippen LogP contribution in [0.4, 0.5) is 4.39 Å². The minimum atomic E-state index is -0.409. The third-order valence-corrected chi connectivity index (χ3v) is 2.99. The van der Waals surface area contributed by atoms with Crippen molar-refractivity contribution in [2.45, 2.75) is 19.8 Å². The molecule has 1 aromatic heterocycles. The fraction of sp³-hybridized carbons (Fsp3) is 0.385. The summed E-state index contributed by atoms with van der Waals surface area (Å²) in [5.74, 6) is -0.159. The monoisotopic (exact) mass is 277 g/mol. The van der Waals surface area contributed by atoms with E-state index in [2.05, 4.69) is 20.6 Å². The first-order valence-corrected chi connectivity index (χ1v) is 6.23. The molecule has 7 heteroatoms. The largest absolute Gasteiger partial charge is 0.341 e. The molecule has 0 spiro atoms. The lowest BCUT2D eigenvalue weighted by Crippen LogP contribution is -2.30. The van der Waals surface area contributed by atoms with Crippen LogP contribution in [-0.4, -0.2) is 45.0 Å². The van der Waals surface area contributed by atoms with Gasteiger partial charge in [-0.25, -0.2) is 4.39 Å². The lowest BCUT2D eigenvalue weighted by Gasteiger charge is -2.20. The number of H-pyrrole nitrogens is 1. The van der Waals surface area contributed by atoms with E-state index in [0.717, 1.165) is 0 Å². The molecule has 0 saturated heterocycles. The second-order valence-corrected chi connectivity index (χ2v) is 4.87. The molecule has 6 nitrogen and oxygen atoms in total. The number of carbonyl (C=O) groups excluding carboxylic acids is 1. The van der Waals surface area contributed by atoms with Crippen molar-refractivity contribution in [3.05, 3.63) is 41.0 Å². The number of tetrazole rings is 1. The lowest BCUT2D eigenvalue weighted by molar-refractivity contribution is 0.0786. The van der Waals surface area contributed by atoms with Crippen LogP contribution in [0.25, 0.3) is 0 Å². The number of nitrogens with zero attached hydrogens (tertiary/aromatic N) is 4. The van der Waals surface area contributed by atoms with E-state index < -0.39 is 5.82 Å². The number of benzene rings is 1. The molecule has 0 radical (unpaired) electrons. The first-order valence-electron chi connectivity index (χ1n) is 6.23.